The maximum Gasteiger partial charge on any atom is 0.319 e. The third-order valence-electron chi connectivity index (χ3n) is 10.9. The van der Waals surface area contributed by atoms with Crippen molar-refractivity contribution in [2.75, 3.05) is 37.7 Å². The molecule has 8 nitrogen and oxygen atoms in total. The lowest BCUT2D eigenvalue weighted by atomic mass is 9.93. The molecular weight excluding hydrogens is 562 g/mol. The quantitative estimate of drug-likeness (QED) is 0.296. The Labute approximate surface area is 255 Å². The number of hydrogen-bond acceptors (Lipinski definition) is 8. The van der Waals surface area contributed by atoms with Crippen molar-refractivity contribution in [1.82, 2.24) is 19.9 Å². The summed E-state index contributed by atoms with van der Waals surface area (Å²) in [6.45, 7) is 5.94. The van der Waals surface area contributed by atoms with Crippen molar-refractivity contribution in [3.8, 4) is 23.0 Å². The van der Waals surface area contributed by atoms with Crippen LogP contribution in [0.25, 0.3) is 32.9 Å². The number of piperidine rings is 1. The lowest BCUT2D eigenvalue weighted by Crippen LogP contribution is -2.49. The monoisotopic (exact) mass is 600 g/mol. The third-order valence-corrected chi connectivity index (χ3v) is 10.9. The standard InChI is InChI=1S/C34H38F2N6O2/c1-2-23-26(35)8-7-19-13-22(43)14-24(27(19)23)30-28(36)31-25(15-38-30)32(41-16-20-5-6-21(17-41)29(20)37)40-33(39-31)44-18-34-9-3-11-42(34)12-4-10-34/h7-8,13-15,20-21,29,43H,2-6,9-12,16-18,37H2,1H3/t20-,21+,29?. The largest absolute Gasteiger partial charge is 0.508 e. The van der Waals surface area contributed by atoms with Gasteiger partial charge >= 0.3 is 6.01 Å². The van der Waals surface area contributed by atoms with Gasteiger partial charge in [0.2, 0.25) is 0 Å². The number of nitrogens with zero attached hydrogens (tertiary/aromatic N) is 5. The number of phenolic OH excluding ortho intramolecular Hbond substituents is 1. The summed E-state index contributed by atoms with van der Waals surface area (Å²) in [7, 11) is 0. The van der Waals surface area contributed by atoms with E-state index in [-0.39, 0.29) is 40.4 Å². The average Bonchev–Trinajstić information content (AvgIpc) is 3.65. The van der Waals surface area contributed by atoms with Crippen molar-refractivity contribution in [3.05, 3.63) is 47.7 Å². The van der Waals surface area contributed by atoms with E-state index in [9.17, 15) is 9.50 Å². The number of aryl methyl sites for hydroxylation is 1. The zero-order valence-electron chi connectivity index (χ0n) is 25.0. The topological polar surface area (TPSA) is 101 Å². The van der Waals surface area contributed by atoms with Crippen LogP contribution in [0.1, 0.15) is 51.0 Å². The van der Waals surface area contributed by atoms with Gasteiger partial charge in [-0.2, -0.15) is 9.97 Å². The summed E-state index contributed by atoms with van der Waals surface area (Å²) in [5, 5.41) is 12.2. The summed E-state index contributed by atoms with van der Waals surface area (Å²) in [6, 6.07) is 6.31. The summed E-state index contributed by atoms with van der Waals surface area (Å²) in [6.07, 6.45) is 8.60. The highest BCUT2D eigenvalue weighted by molar-refractivity contribution is 6.01. The lowest BCUT2D eigenvalue weighted by Gasteiger charge is -2.37. The van der Waals surface area contributed by atoms with Gasteiger partial charge in [0, 0.05) is 30.9 Å². The Bertz CT molecular complexity index is 1760. The second-order valence-electron chi connectivity index (χ2n) is 13.3. The first-order chi connectivity index (χ1) is 21.3. The van der Waals surface area contributed by atoms with E-state index in [1.165, 1.54) is 12.1 Å². The van der Waals surface area contributed by atoms with E-state index < -0.39 is 5.82 Å². The van der Waals surface area contributed by atoms with E-state index >= 15 is 4.39 Å². The molecule has 3 aliphatic heterocycles. The van der Waals surface area contributed by atoms with Gasteiger partial charge in [-0.15, -0.1) is 0 Å². The molecule has 10 heteroatoms. The summed E-state index contributed by atoms with van der Waals surface area (Å²) in [4.78, 5) is 18.9. The van der Waals surface area contributed by atoms with Crippen LogP contribution in [0.4, 0.5) is 14.6 Å². The van der Waals surface area contributed by atoms with Crippen molar-refractivity contribution in [3.63, 3.8) is 0 Å². The Kier molecular flexibility index (Phi) is 6.64. The molecule has 2 aromatic heterocycles. The number of phenols is 1. The second kappa shape index (κ2) is 10.5. The highest BCUT2D eigenvalue weighted by atomic mass is 19.1. The zero-order valence-corrected chi connectivity index (χ0v) is 25.0. The van der Waals surface area contributed by atoms with Gasteiger partial charge in [-0.05, 0) is 104 Å². The molecule has 230 valence electrons. The Morgan fingerprint density at radius 3 is 2.55 bits per heavy atom. The molecule has 8 rings (SSSR count). The molecule has 4 fully saturated rings. The first-order valence-electron chi connectivity index (χ1n) is 16.0. The molecule has 3 saturated heterocycles. The average molecular weight is 601 g/mol. The molecule has 4 aliphatic rings. The molecule has 1 unspecified atom stereocenters. The first kappa shape index (κ1) is 27.9. The zero-order chi connectivity index (χ0) is 30.2. The summed E-state index contributed by atoms with van der Waals surface area (Å²) in [5.74, 6) is 0.245. The second-order valence-corrected chi connectivity index (χ2v) is 13.3. The minimum Gasteiger partial charge on any atom is -0.508 e. The van der Waals surface area contributed by atoms with Gasteiger partial charge in [-0.3, -0.25) is 9.88 Å². The molecular formula is C34H38F2N6O2. The van der Waals surface area contributed by atoms with Crippen LogP contribution in [0.3, 0.4) is 0 Å². The number of aromatic nitrogens is 3. The van der Waals surface area contributed by atoms with Crippen molar-refractivity contribution in [2.45, 2.75) is 63.5 Å². The van der Waals surface area contributed by atoms with Crippen LogP contribution in [-0.2, 0) is 6.42 Å². The van der Waals surface area contributed by atoms with Crippen LogP contribution in [-0.4, -0.2) is 69.3 Å². The van der Waals surface area contributed by atoms with E-state index in [1.807, 2.05) is 6.92 Å². The lowest BCUT2D eigenvalue weighted by molar-refractivity contribution is 0.108. The number of fused-ring (bicyclic) bond motifs is 5. The Hall–Kier alpha value is -3.63. The van der Waals surface area contributed by atoms with E-state index in [4.69, 9.17) is 15.5 Å². The fourth-order valence-electron chi connectivity index (χ4n) is 8.64. The molecule has 5 heterocycles. The Morgan fingerprint density at radius 1 is 1.07 bits per heavy atom. The SMILES string of the molecule is CCc1c(F)ccc2cc(O)cc(-c3ncc4c(N5C[C@H]6CC[C@@H](C5)C6N)nc(OCC56CCCN5CCC6)nc4c3F)c12. The molecule has 3 N–H and O–H groups in total. The summed E-state index contributed by atoms with van der Waals surface area (Å²) in [5.41, 5.74) is 7.40. The summed E-state index contributed by atoms with van der Waals surface area (Å²) < 4.78 is 38.2. The van der Waals surface area contributed by atoms with Crippen molar-refractivity contribution in [1.29, 1.82) is 0 Å². The van der Waals surface area contributed by atoms with Gasteiger partial charge in [0.05, 0.1) is 10.9 Å². The van der Waals surface area contributed by atoms with E-state index in [0.717, 1.165) is 64.7 Å². The minimum absolute atomic E-state index is 0.00592. The number of nitrogens with two attached hydrogens (primary N) is 1. The molecule has 44 heavy (non-hydrogen) atoms. The van der Waals surface area contributed by atoms with Crippen LogP contribution in [0.15, 0.2) is 30.5 Å². The van der Waals surface area contributed by atoms with Crippen molar-refractivity contribution < 1.29 is 18.6 Å². The number of hydrogen-bond donors (Lipinski definition) is 2. The van der Waals surface area contributed by atoms with E-state index in [1.54, 1.807) is 18.3 Å². The van der Waals surface area contributed by atoms with Gasteiger partial charge in [0.1, 0.15) is 35.2 Å². The van der Waals surface area contributed by atoms with Crippen molar-refractivity contribution in [2.24, 2.45) is 17.6 Å². The van der Waals surface area contributed by atoms with E-state index in [0.29, 0.717) is 58.0 Å². The van der Waals surface area contributed by atoms with Gasteiger partial charge in [-0.25, -0.2) is 8.78 Å². The molecule has 1 aliphatic carbocycles. The van der Waals surface area contributed by atoms with E-state index in [2.05, 4.69) is 19.8 Å². The molecule has 4 aromatic rings. The maximum atomic E-state index is 16.8. The number of halogens is 2. The number of anilines is 1. The molecule has 1 saturated carbocycles. The van der Waals surface area contributed by atoms with Gasteiger partial charge in [-0.1, -0.05) is 13.0 Å². The minimum atomic E-state index is -0.646. The van der Waals surface area contributed by atoms with Crippen LogP contribution in [0.2, 0.25) is 0 Å². The van der Waals surface area contributed by atoms with Crippen LogP contribution in [0, 0.1) is 23.5 Å². The van der Waals surface area contributed by atoms with Crippen LogP contribution in [0.5, 0.6) is 11.8 Å². The third kappa shape index (κ3) is 4.32. The number of ether oxygens (including phenoxy) is 1. The van der Waals surface area contributed by atoms with Crippen LogP contribution >= 0.6 is 0 Å². The molecule has 0 amide bonds. The first-order valence-corrected chi connectivity index (χ1v) is 16.0. The van der Waals surface area contributed by atoms with Crippen molar-refractivity contribution >= 4 is 27.5 Å². The molecule has 0 spiro atoms. The molecule has 0 radical (unpaired) electrons. The Balaban J connectivity index is 1.28. The van der Waals surface area contributed by atoms with Gasteiger partial charge < -0.3 is 20.5 Å². The number of pyridine rings is 1. The number of aromatic hydroxyl groups is 1. The normalized spacial score (nSPS) is 24.5. The Morgan fingerprint density at radius 2 is 1.82 bits per heavy atom. The van der Waals surface area contributed by atoms with Crippen LogP contribution < -0.4 is 15.4 Å². The summed E-state index contributed by atoms with van der Waals surface area (Å²) >= 11 is 0. The van der Waals surface area contributed by atoms with Gasteiger partial charge in [0.15, 0.2) is 5.82 Å². The molecule has 3 atom stereocenters. The predicted octanol–water partition coefficient (Wildman–Crippen LogP) is 5.57. The fourth-order valence-corrected chi connectivity index (χ4v) is 8.64. The number of benzene rings is 2. The highest BCUT2D eigenvalue weighted by Gasteiger charge is 2.45. The maximum absolute atomic E-state index is 16.8. The highest BCUT2D eigenvalue weighted by Crippen LogP contribution is 2.43. The molecule has 2 aromatic carbocycles. The van der Waals surface area contributed by atoms with Gasteiger partial charge in [0.25, 0.3) is 0 Å². The number of rotatable bonds is 6. The smallest absolute Gasteiger partial charge is 0.319 e. The predicted molar refractivity (Wildman–Crippen MR) is 166 cm³/mol. The fraction of sp³-hybridized carbons (Fsp3) is 0.500. The molecule has 2 bridgehead atoms.